The first-order valence-electron chi connectivity index (χ1n) is 17.4. The minimum Gasteiger partial charge on any atom is -0.494 e. The van der Waals surface area contributed by atoms with Crippen LogP contribution in [0.3, 0.4) is 0 Å². The van der Waals surface area contributed by atoms with Gasteiger partial charge in [0.05, 0.1) is 37.3 Å². The van der Waals surface area contributed by atoms with Crippen LogP contribution in [0.1, 0.15) is 76.3 Å². The van der Waals surface area contributed by atoms with Gasteiger partial charge in [0, 0.05) is 40.0 Å². The number of allylic oxidation sites excluding steroid dienone is 6. The Labute approximate surface area is 281 Å². The van der Waals surface area contributed by atoms with Gasteiger partial charge in [0.1, 0.15) is 23.0 Å². The van der Waals surface area contributed by atoms with E-state index >= 15 is 0 Å². The van der Waals surface area contributed by atoms with E-state index in [1.807, 2.05) is 64.1 Å². The van der Waals surface area contributed by atoms with Crippen LogP contribution in [0.4, 0.5) is 0 Å². The molecule has 0 aromatic heterocycles. The van der Waals surface area contributed by atoms with E-state index in [0.717, 1.165) is 31.2 Å². The number of benzene rings is 2. The Hall–Kier alpha value is -4.46. The molecule has 2 saturated carbocycles. The summed E-state index contributed by atoms with van der Waals surface area (Å²) in [5.41, 5.74) is -0.766. The van der Waals surface area contributed by atoms with Crippen LogP contribution in [0.15, 0.2) is 71.8 Å². The van der Waals surface area contributed by atoms with Crippen LogP contribution in [0.2, 0.25) is 0 Å². The molecule has 2 fully saturated rings. The van der Waals surface area contributed by atoms with Crippen molar-refractivity contribution in [1.82, 2.24) is 0 Å². The first-order chi connectivity index (χ1) is 23.3. The summed E-state index contributed by atoms with van der Waals surface area (Å²) in [5, 5.41) is 0. The third kappa shape index (κ3) is 4.26. The Morgan fingerprint density at radius 3 is 1.71 bits per heavy atom. The molecule has 0 aliphatic heterocycles. The Bertz CT molecular complexity index is 1800. The smallest absolute Gasteiger partial charge is 0.183 e. The Kier molecular flexibility index (Phi) is 8.17. The first kappa shape index (κ1) is 32.1. The second kappa shape index (κ2) is 12.2. The van der Waals surface area contributed by atoms with Gasteiger partial charge in [0.25, 0.3) is 0 Å². The van der Waals surface area contributed by atoms with Crippen molar-refractivity contribution in [2.24, 2.45) is 22.7 Å². The summed E-state index contributed by atoms with van der Waals surface area (Å²) in [7, 11) is 0. The van der Waals surface area contributed by atoms with Gasteiger partial charge in [0.2, 0.25) is 0 Å². The molecule has 0 amide bonds. The summed E-state index contributed by atoms with van der Waals surface area (Å²) >= 11 is 0. The van der Waals surface area contributed by atoms with Crippen LogP contribution in [-0.2, 0) is 19.2 Å². The zero-order valence-electron chi connectivity index (χ0n) is 28.0. The standard InChI is InChI=1S/C40H42O8/c1-5-17-45-23-9-13-29(47-19-7-3)25(21-23)33-35-34-27(41)11-12-28(42)37(34)40-32(44)16-15-31(43)39(40,38(33)40)36(35)26-22-24(46-18-6-2)10-14-30(26)48-20-8-4/h9-16,21-22,33,35-36,38H,5-8,17-20H2,1-4H3/t33-,35-,36+,38-,39+,40-/m0/s1. The highest BCUT2D eigenvalue weighted by Gasteiger charge is 2.96. The van der Waals surface area contributed by atoms with E-state index < -0.39 is 34.5 Å². The lowest BCUT2D eigenvalue weighted by Crippen LogP contribution is -2.49. The molecular weight excluding hydrogens is 608 g/mol. The summed E-state index contributed by atoms with van der Waals surface area (Å²) in [6, 6.07) is 11.3. The zero-order valence-corrected chi connectivity index (χ0v) is 28.0. The molecule has 0 unspecified atom stereocenters. The van der Waals surface area contributed by atoms with E-state index in [2.05, 4.69) is 0 Å². The van der Waals surface area contributed by atoms with Gasteiger partial charge in [-0.2, -0.15) is 0 Å². The van der Waals surface area contributed by atoms with Crippen LogP contribution in [0, 0.1) is 22.7 Å². The summed E-state index contributed by atoms with van der Waals surface area (Å²) < 4.78 is 24.9. The molecule has 2 spiro atoms. The van der Waals surface area contributed by atoms with Crippen molar-refractivity contribution in [2.75, 3.05) is 26.4 Å². The molecule has 2 aromatic carbocycles. The molecule has 0 saturated heterocycles. The highest BCUT2D eigenvalue weighted by Crippen LogP contribution is 2.93. The van der Waals surface area contributed by atoms with Crippen LogP contribution in [-0.4, -0.2) is 49.6 Å². The summed E-state index contributed by atoms with van der Waals surface area (Å²) in [4.78, 5) is 57.1. The monoisotopic (exact) mass is 650 g/mol. The van der Waals surface area contributed by atoms with Gasteiger partial charge < -0.3 is 18.9 Å². The van der Waals surface area contributed by atoms with Gasteiger partial charge in [-0.15, -0.1) is 0 Å². The highest BCUT2D eigenvalue weighted by molar-refractivity contribution is 6.30. The van der Waals surface area contributed by atoms with E-state index in [1.165, 1.54) is 24.3 Å². The Morgan fingerprint density at radius 1 is 0.583 bits per heavy atom. The number of hydrogen-bond acceptors (Lipinski definition) is 8. The highest BCUT2D eigenvalue weighted by atomic mass is 16.5. The molecule has 0 radical (unpaired) electrons. The molecule has 8 nitrogen and oxygen atoms in total. The predicted octanol–water partition coefficient (Wildman–Crippen LogP) is 6.67. The van der Waals surface area contributed by atoms with E-state index in [0.29, 0.717) is 60.6 Å². The molecule has 4 bridgehead atoms. The molecule has 0 N–H and O–H groups in total. The molecule has 48 heavy (non-hydrogen) atoms. The number of ether oxygens (including phenoxy) is 4. The Balaban J connectivity index is 1.53. The van der Waals surface area contributed by atoms with Crippen molar-refractivity contribution in [3.8, 4) is 23.0 Å². The molecule has 6 aliphatic carbocycles. The van der Waals surface area contributed by atoms with Crippen LogP contribution in [0.5, 0.6) is 23.0 Å². The molecule has 2 aromatic rings. The minimum absolute atomic E-state index is 0.198. The Morgan fingerprint density at radius 2 is 1.10 bits per heavy atom. The van der Waals surface area contributed by atoms with E-state index in [9.17, 15) is 19.2 Å². The topological polar surface area (TPSA) is 105 Å². The average Bonchev–Trinajstić information content (AvgIpc) is 3.66. The first-order valence-corrected chi connectivity index (χ1v) is 17.4. The largest absolute Gasteiger partial charge is 0.494 e. The normalized spacial score (nSPS) is 29.2. The van der Waals surface area contributed by atoms with Crippen molar-refractivity contribution < 1.29 is 38.1 Å². The lowest BCUT2D eigenvalue weighted by atomic mass is 9.53. The number of carbonyl (C=O) groups is 4. The van der Waals surface area contributed by atoms with Gasteiger partial charge >= 0.3 is 0 Å². The fourth-order valence-corrected chi connectivity index (χ4v) is 9.32. The molecular formula is C40H42O8. The van der Waals surface area contributed by atoms with E-state index in [1.54, 1.807) is 0 Å². The van der Waals surface area contributed by atoms with Crippen molar-refractivity contribution in [3.63, 3.8) is 0 Å². The van der Waals surface area contributed by atoms with Gasteiger partial charge in [-0.05, 0) is 92.3 Å². The van der Waals surface area contributed by atoms with Crippen LogP contribution >= 0.6 is 0 Å². The maximum Gasteiger partial charge on any atom is 0.183 e. The number of rotatable bonds is 14. The average molecular weight is 651 g/mol. The van der Waals surface area contributed by atoms with Crippen molar-refractivity contribution >= 4 is 23.1 Å². The predicted molar refractivity (Wildman–Crippen MR) is 179 cm³/mol. The number of hydrogen-bond donors (Lipinski definition) is 0. The molecule has 6 aliphatic rings. The second-order valence-electron chi connectivity index (χ2n) is 13.4. The molecule has 8 heteroatoms. The van der Waals surface area contributed by atoms with E-state index in [4.69, 9.17) is 18.9 Å². The van der Waals surface area contributed by atoms with Crippen molar-refractivity contribution in [1.29, 1.82) is 0 Å². The molecule has 8 rings (SSSR count). The number of carbonyl (C=O) groups excluding carboxylic acids is 4. The van der Waals surface area contributed by atoms with Crippen LogP contribution in [0.25, 0.3) is 0 Å². The summed E-state index contributed by atoms with van der Waals surface area (Å²) in [5.74, 6) is -1.09. The molecule has 6 atom stereocenters. The third-order valence-corrected chi connectivity index (χ3v) is 10.7. The van der Waals surface area contributed by atoms with Crippen molar-refractivity contribution in [3.05, 3.63) is 83.0 Å². The SMILES string of the molecule is CCCOc1ccc(OCCC)c([C@H]2[C@H]3C4=C(C(=O)C=CC4=O)[C@]45C(=O)C=CC(=O)[C@@]4([C@@H]3c3cc(OCCC)ccc3OCCC)[C@H]25)c1. The van der Waals surface area contributed by atoms with Gasteiger partial charge in [0.15, 0.2) is 23.1 Å². The zero-order chi connectivity index (χ0) is 33.8. The third-order valence-electron chi connectivity index (χ3n) is 10.7. The van der Waals surface area contributed by atoms with Gasteiger partial charge in [-0.1, -0.05) is 27.7 Å². The summed E-state index contributed by atoms with van der Waals surface area (Å²) in [6.07, 6.45) is 8.42. The van der Waals surface area contributed by atoms with Gasteiger partial charge in [-0.25, -0.2) is 0 Å². The minimum atomic E-state index is -1.49. The maximum atomic E-state index is 14.6. The lowest BCUT2D eigenvalue weighted by Gasteiger charge is -2.47. The second-order valence-corrected chi connectivity index (χ2v) is 13.4. The quantitative estimate of drug-likeness (QED) is 0.209. The fraction of sp³-hybridized carbons (Fsp3) is 0.450. The van der Waals surface area contributed by atoms with Crippen molar-refractivity contribution in [2.45, 2.75) is 65.2 Å². The van der Waals surface area contributed by atoms with Gasteiger partial charge in [-0.3, -0.25) is 19.2 Å². The summed E-state index contributed by atoms with van der Waals surface area (Å²) in [6.45, 7) is 10.0. The fourth-order valence-electron chi connectivity index (χ4n) is 9.32. The van der Waals surface area contributed by atoms with E-state index in [-0.39, 0.29) is 28.7 Å². The maximum absolute atomic E-state index is 14.6. The molecule has 250 valence electrons. The van der Waals surface area contributed by atoms with Crippen LogP contribution < -0.4 is 18.9 Å². The number of ketones is 4. The lowest BCUT2D eigenvalue weighted by molar-refractivity contribution is -0.131. The molecule has 0 heterocycles.